The van der Waals surface area contributed by atoms with Crippen LogP contribution in [0.5, 0.6) is 34.5 Å². The number of carbonyl (C=O) groups excluding carboxylic acids is 1. The summed E-state index contributed by atoms with van der Waals surface area (Å²) in [5, 5.41) is 14.1. The molecule has 0 heterocycles. The van der Waals surface area contributed by atoms with Crippen LogP contribution in [0.15, 0.2) is 48.5 Å². The third-order valence-electron chi connectivity index (χ3n) is 5.80. The highest BCUT2D eigenvalue weighted by Gasteiger charge is 2.17. The van der Waals surface area contributed by atoms with Gasteiger partial charge in [0.25, 0.3) is 0 Å². The molecule has 0 spiro atoms. The van der Waals surface area contributed by atoms with Gasteiger partial charge in [-0.3, -0.25) is 14.9 Å². The van der Waals surface area contributed by atoms with Crippen LogP contribution < -0.4 is 33.7 Å². The summed E-state index contributed by atoms with van der Waals surface area (Å²) in [6, 6.07) is 11.4. The lowest BCUT2D eigenvalue weighted by Gasteiger charge is -2.16. The molecule has 11 nitrogen and oxygen atoms in total. The van der Waals surface area contributed by atoms with Gasteiger partial charge in [0.1, 0.15) is 0 Å². The van der Waals surface area contributed by atoms with E-state index in [1.807, 2.05) is 6.08 Å². The Morgan fingerprint density at radius 2 is 1.30 bits per heavy atom. The topological polar surface area (TPSA) is 128 Å². The molecule has 11 heteroatoms. The largest absolute Gasteiger partial charge is 0.493 e. The van der Waals surface area contributed by atoms with Crippen LogP contribution in [-0.2, 0) is 4.79 Å². The van der Waals surface area contributed by atoms with Gasteiger partial charge in [-0.1, -0.05) is 18.2 Å². The summed E-state index contributed by atoms with van der Waals surface area (Å²) < 4.78 is 32.2. The van der Waals surface area contributed by atoms with Gasteiger partial charge in [-0.15, -0.1) is 0 Å². The Morgan fingerprint density at radius 3 is 1.85 bits per heavy atom. The highest BCUT2D eigenvalue weighted by Crippen LogP contribution is 2.41. The fourth-order valence-electron chi connectivity index (χ4n) is 3.88. The van der Waals surface area contributed by atoms with Crippen molar-refractivity contribution in [1.82, 2.24) is 0 Å². The molecule has 0 saturated carbocycles. The minimum atomic E-state index is -0.552. The Balaban J connectivity index is 1.96. The van der Waals surface area contributed by atoms with Crippen molar-refractivity contribution in [2.24, 2.45) is 0 Å². The number of nitrogens with one attached hydrogen (secondary N) is 1. The van der Waals surface area contributed by atoms with E-state index >= 15 is 0 Å². The molecule has 0 saturated heterocycles. The minimum absolute atomic E-state index is 0.122. The maximum atomic E-state index is 12.9. The van der Waals surface area contributed by atoms with Gasteiger partial charge < -0.3 is 33.7 Å². The van der Waals surface area contributed by atoms with E-state index in [9.17, 15) is 14.9 Å². The molecule has 0 bridgehead atoms. The average molecular weight is 551 g/mol. The average Bonchev–Trinajstić information content (AvgIpc) is 2.98. The molecule has 210 valence electrons. The van der Waals surface area contributed by atoms with Crippen LogP contribution in [0, 0.1) is 10.1 Å². The monoisotopic (exact) mass is 550 g/mol. The number of ether oxygens (including phenoxy) is 6. The van der Waals surface area contributed by atoms with Gasteiger partial charge in [-0.25, -0.2) is 0 Å². The summed E-state index contributed by atoms with van der Waals surface area (Å²) in [5.41, 5.74) is 1.97. The van der Waals surface area contributed by atoms with Crippen LogP contribution in [0.25, 0.3) is 18.2 Å². The normalized spacial score (nSPS) is 10.8. The van der Waals surface area contributed by atoms with Crippen molar-refractivity contribution in [3.63, 3.8) is 0 Å². The molecule has 0 aliphatic carbocycles. The number of nitro benzene ring substituents is 1. The van der Waals surface area contributed by atoms with E-state index in [1.165, 1.54) is 66.9 Å². The van der Waals surface area contributed by atoms with Crippen molar-refractivity contribution in [3.05, 3.63) is 75.3 Å². The van der Waals surface area contributed by atoms with E-state index in [-0.39, 0.29) is 11.4 Å². The maximum absolute atomic E-state index is 12.9. The van der Waals surface area contributed by atoms with Crippen molar-refractivity contribution < 1.29 is 38.1 Å². The van der Waals surface area contributed by atoms with E-state index < -0.39 is 10.8 Å². The Labute approximate surface area is 231 Å². The lowest BCUT2D eigenvalue weighted by Crippen LogP contribution is -2.11. The lowest BCUT2D eigenvalue weighted by molar-refractivity contribution is -0.385. The van der Waals surface area contributed by atoms with Crippen LogP contribution in [-0.4, -0.2) is 53.5 Å². The second-order valence-electron chi connectivity index (χ2n) is 8.07. The second kappa shape index (κ2) is 13.6. The first-order valence-electron chi connectivity index (χ1n) is 11.8. The standard InChI is InChI=1S/C29H30N2O9/c1-35-22-12-8-18(15-21(22)31(33)34)9-14-26(32)30-27-20(11-13-23(36-2)29(27)40-6)10-7-19-16-24(37-3)28(39-5)25(17-19)38-4/h7-17H,1-6H3,(H,30,32)/b10-7?,14-9+. The molecule has 0 unspecified atom stereocenters. The van der Waals surface area contributed by atoms with E-state index in [2.05, 4.69) is 5.32 Å². The van der Waals surface area contributed by atoms with Crippen molar-refractivity contribution in [2.45, 2.75) is 0 Å². The van der Waals surface area contributed by atoms with Crippen molar-refractivity contribution in [1.29, 1.82) is 0 Å². The number of hydrogen-bond acceptors (Lipinski definition) is 9. The van der Waals surface area contributed by atoms with Crippen LogP contribution in [0.1, 0.15) is 16.7 Å². The molecule has 0 radical (unpaired) electrons. The molecular formula is C29H30N2O9. The molecule has 3 aromatic rings. The number of anilines is 1. The first-order chi connectivity index (χ1) is 19.3. The second-order valence-corrected chi connectivity index (χ2v) is 8.07. The predicted octanol–water partition coefficient (Wildman–Crippen LogP) is 5.47. The molecule has 0 fully saturated rings. The van der Waals surface area contributed by atoms with E-state index in [4.69, 9.17) is 28.4 Å². The zero-order valence-corrected chi connectivity index (χ0v) is 23.0. The molecular weight excluding hydrogens is 520 g/mol. The van der Waals surface area contributed by atoms with Gasteiger partial charge in [-0.05, 0) is 47.5 Å². The lowest BCUT2D eigenvalue weighted by atomic mass is 10.1. The molecule has 3 rings (SSSR count). The molecule has 0 aliphatic heterocycles. The summed E-state index contributed by atoms with van der Waals surface area (Å²) in [6.45, 7) is 0. The molecule has 0 atom stereocenters. The van der Waals surface area contributed by atoms with Gasteiger partial charge in [0.15, 0.2) is 28.7 Å². The van der Waals surface area contributed by atoms with Crippen molar-refractivity contribution >= 4 is 35.5 Å². The number of rotatable bonds is 12. The highest BCUT2D eigenvalue weighted by molar-refractivity contribution is 6.05. The summed E-state index contributed by atoms with van der Waals surface area (Å²) in [4.78, 5) is 23.7. The Bertz CT molecular complexity index is 1420. The van der Waals surface area contributed by atoms with E-state index in [0.29, 0.717) is 45.6 Å². The van der Waals surface area contributed by atoms with Gasteiger partial charge in [-0.2, -0.15) is 0 Å². The van der Waals surface area contributed by atoms with Crippen LogP contribution in [0.3, 0.4) is 0 Å². The molecule has 1 N–H and O–H groups in total. The third-order valence-corrected chi connectivity index (χ3v) is 5.80. The fourth-order valence-corrected chi connectivity index (χ4v) is 3.88. The first kappa shape index (κ1) is 29.4. The molecule has 40 heavy (non-hydrogen) atoms. The number of nitro groups is 1. The predicted molar refractivity (Wildman–Crippen MR) is 152 cm³/mol. The molecule has 3 aromatic carbocycles. The quantitative estimate of drug-likeness (QED) is 0.135. The number of benzene rings is 3. The number of nitrogens with zero attached hydrogens (tertiary/aromatic N) is 1. The fraction of sp³-hybridized carbons (Fsp3) is 0.207. The molecule has 0 aliphatic rings. The van der Waals surface area contributed by atoms with E-state index in [1.54, 1.807) is 36.4 Å². The zero-order valence-electron chi connectivity index (χ0n) is 23.0. The Hall–Kier alpha value is -5.19. The van der Waals surface area contributed by atoms with Crippen molar-refractivity contribution in [2.75, 3.05) is 48.0 Å². The maximum Gasteiger partial charge on any atom is 0.311 e. The van der Waals surface area contributed by atoms with Gasteiger partial charge >= 0.3 is 5.69 Å². The van der Waals surface area contributed by atoms with Gasteiger partial charge in [0, 0.05) is 17.7 Å². The van der Waals surface area contributed by atoms with Gasteiger partial charge in [0.2, 0.25) is 11.7 Å². The van der Waals surface area contributed by atoms with Crippen LogP contribution >= 0.6 is 0 Å². The first-order valence-corrected chi connectivity index (χ1v) is 11.8. The smallest absolute Gasteiger partial charge is 0.311 e. The number of amides is 1. The molecule has 0 aromatic heterocycles. The van der Waals surface area contributed by atoms with E-state index in [0.717, 1.165) is 5.56 Å². The SMILES string of the molecule is COc1ccc(/C=C/C(=O)Nc2c(C=Cc3cc(OC)c(OC)c(OC)c3)ccc(OC)c2OC)cc1[N+](=O)[O-]. The number of carbonyl (C=O) groups is 1. The minimum Gasteiger partial charge on any atom is -0.493 e. The van der Waals surface area contributed by atoms with Gasteiger partial charge in [0.05, 0.1) is 53.3 Å². The summed E-state index contributed by atoms with van der Waals surface area (Å²) in [7, 11) is 8.89. The third kappa shape index (κ3) is 6.62. The summed E-state index contributed by atoms with van der Waals surface area (Å²) in [5.74, 6) is 1.81. The summed E-state index contributed by atoms with van der Waals surface area (Å²) >= 11 is 0. The zero-order chi connectivity index (χ0) is 29.2. The van der Waals surface area contributed by atoms with Crippen molar-refractivity contribution in [3.8, 4) is 34.5 Å². The molecule has 1 amide bonds. The Kier molecular flexibility index (Phi) is 9.95. The highest BCUT2D eigenvalue weighted by atomic mass is 16.6. The van der Waals surface area contributed by atoms with Crippen LogP contribution in [0.4, 0.5) is 11.4 Å². The van der Waals surface area contributed by atoms with Crippen LogP contribution in [0.2, 0.25) is 0 Å². The Morgan fingerprint density at radius 1 is 0.700 bits per heavy atom. The summed E-state index contributed by atoms with van der Waals surface area (Å²) in [6.07, 6.45) is 6.32. The number of methoxy groups -OCH3 is 6. The number of hydrogen-bond donors (Lipinski definition) is 1.